The molecule has 2 aromatic carbocycles. The van der Waals surface area contributed by atoms with Crippen LogP contribution in [0.15, 0.2) is 47.4 Å². The number of sulfonamides is 1. The van der Waals surface area contributed by atoms with E-state index >= 15 is 0 Å². The number of halogens is 1. The SMILES string of the molecule is O=C(c1cccc(F)c1)N1CCc2cc(S(=O)(=O)NC3CCCC3)ccc21. The molecular weight excluding hydrogens is 367 g/mol. The first-order valence-electron chi connectivity index (χ1n) is 9.17. The van der Waals surface area contributed by atoms with Crippen LogP contribution >= 0.6 is 0 Å². The van der Waals surface area contributed by atoms with Gasteiger partial charge in [-0.05, 0) is 61.2 Å². The van der Waals surface area contributed by atoms with E-state index in [1.807, 2.05) is 0 Å². The molecule has 1 amide bonds. The lowest BCUT2D eigenvalue weighted by atomic mass is 10.1. The van der Waals surface area contributed by atoms with E-state index in [-0.39, 0.29) is 22.4 Å². The van der Waals surface area contributed by atoms with Crippen molar-refractivity contribution >= 4 is 21.6 Å². The van der Waals surface area contributed by atoms with Crippen molar-refractivity contribution in [3.8, 4) is 0 Å². The van der Waals surface area contributed by atoms with E-state index in [0.717, 1.165) is 31.2 Å². The zero-order valence-electron chi connectivity index (χ0n) is 14.8. The van der Waals surface area contributed by atoms with E-state index in [4.69, 9.17) is 0 Å². The lowest BCUT2D eigenvalue weighted by Crippen LogP contribution is -2.32. The summed E-state index contributed by atoms with van der Waals surface area (Å²) in [7, 11) is -3.56. The van der Waals surface area contributed by atoms with Gasteiger partial charge < -0.3 is 4.90 Å². The molecule has 1 heterocycles. The Balaban J connectivity index is 1.58. The third-order valence-corrected chi connectivity index (χ3v) is 6.77. The molecule has 1 aliphatic heterocycles. The van der Waals surface area contributed by atoms with Crippen LogP contribution in [0.5, 0.6) is 0 Å². The standard InChI is InChI=1S/C20H21FN2O3S/c21-16-5-3-4-15(12-16)20(24)23-11-10-14-13-18(8-9-19(14)23)27(25,26)22-17-6-1-2-7-17/h3-5,8-9,12-13,17,22H,1-2,6-7,10-11H2. The van der Waals surface area contributed by atoms with Gasteiger partial charge in [0.15, 0.2) is 0 Å². The van der Waals surface area contributed by atoms with Crippen LogP contribution in [-0.2, 0) is 16.4 Å². The number of carbonyl (C=O) groups is 1. The van der Waals surface area contributed by atoms with Crippen LogP contribution in [0.25, 0.3) is 0 Å². The van der Waals surface area contributed by atoms with Gasteiger partial charge in [0.25, 0.3) is 5.91 Å². The molecule has 1 N–H and O–H groups in total. The minimum Gasteiger partial charge on any atom is -0.308 e. The van der Waals surface area contributed by atoms with Crippen molar-refractivity contribution in [2.24, 2.45) is 0 Å². The lowest BCUT2D eigenvalue weighted by molar-refractivity contribution is 0.0989. The second-order valence-electron chi connectivity index (χ2n) is 7.11. The summed E-state index contributed by atoms with van der Waals surface area (Å²) in [5.41, 5.74) is 1.78. The molecule has 0 spiro atoms. The molecule has 0 radical (unpaired) electrons. The number of anilines is 1. The first kappa shape index (κ1) is 18.1. The van der Waals surface area contributed by atoms with E-state index in [2.05, 4.69) is 4.72 Å². The van der Waals surface area contributed by atoms with Gasteiger partial charge in [-0.2, -0.15) is 0 Å². The van der Waals surface area contributed by atoms with Gasteiger partial charge >= 0.3 is 0 Å². The zero-order valence-corrected chi connectivity index (χ0v) is 15.6. The van der Waals surface area contributed by atoms with E-state index in [0.29, 0.717) is 18.7 Å². The van der Waals surface area contributed by atoms with Crippen molar-refractivity contribution in [2.75, 3.05) is 11.4 Å². The quantitative estimate of drug-likeness (QED) is 0.874. The fourth-order valence-electron chi connectivity index (χ4n) is 3.86. The molecule has 27 heavy (non-hydrogen) atoms. The number of nitrogens with zero attached hydrogens (tertiary/aromatic N) is 1. The number of benzene rings is 2. The van der Waals surface area contributed by atoms with Crippen LogP contribution in [0, 0.1) is 5.82 Å². The predicted molar refractivity (Wildman–Crippen MR) is 101 cm³/mol. The van der Waals surface area contributed by atoms with Gasteiger partial charge in [0.2, 0.25) is 10.0 Å². The number of hydrogen-bond donors (Lipinski definition) is 1. The van der Waals surface area contributed by atoms with Crippen molar-refractivity contribution in [1.29, 1.82) is 0 Å². The van der Waals surface area contributed by atoms with Crippen molar-refractivity contribution in [3.63, 3.8) is 0 Å². The van der Waals surface area contributed by atoms with Gasteiger partial charge in [0, 0.05) is 23.8 Å². The minimum absolute atomic E-state index is 0.00862. The van der Waals surface area contributed by atoms with Gasteiger partial charge in [-0.15, -0.1) is 0 Å². The maximum atomic E-state index is 13.4. The number of amides is 1. The fraction of sp³-hybridized carbons (Fsp3) is 0.350. The van der Waals surface area contributed by atoms with E-state index in [1.54, 1.807) is 23.1 Å². The molecular formula is C20H21FN2O3S. The van der Waals surface area contributed by atoms with Crippen molar-refractivity contribution in [1.82, 2.24) is 4.72 Å². The van der Waals surface area contributed by atoms with Crippen molar-refractivity contribution < 1.29 is 17.6 Å². The molecule has 0 unspecified atom stereocenters. The van der Waals surface area contributed by atoms with Crippen LogP contribution < -0.4 is 9.62 Å². The van der Waals surface area contributed by atoms with Gasteiger partial charge in [0.05, 0.1) is 4.90 Å². The number of nitrogens with one attached hydrogen (secondary N) is 1. The second kappa shape index (κ2) is 7.05. The molecule has 2 aromatic rings. The molecule has 0 atom stereocenters. The monoisotopic (exact) mass is 388 g/mol. The molecule has 4 rings (SSSR count). The summed E-state index contributed by atoms with van der Waals surface area (Å²) in [6, 6.07) is 10.4. The van der Waals surface area contributed by atoms with E-state index in [1.165, 1.54) is 24.3 Å². The van der Waals surface area contributed by atoms with Crippen LogP contribution in [0.4, 0.5) is 10.1 Å². The number of fused-ring (bicyclic) bond motifs is 1. The Morgan fingerprint density at radius 2 is 1.89 bits per heavy atom. The smallest absolute Gasteiger partial charge is 0.258 e. The minimum atomic E-state index is -3.56. The molecule has 0 aromatic heterocycles. The molecule has 1 aliphatic carbocycles. The molecule has 7 heteroatoms. The van der Waals surface area contributed by atoms with Crippen LogP contribution in [-0.4, -0.2) is 26.9 Å². The Morgan fingerprint density at radius 3 is 2.63 bits per heavy atom. The Morgan fingerprint density at radius 1 is 1.11 bits per heavy atom. The summed E-state index contributed by atoms with van der Waals surface area (Å²) < 4.78 is 41.5. The molecule has 0 bridgehead atoms. The summed E-state index contributed by atoms with van der Waals surface area (Å²) in [5, 5.41) is 0. The Hall–Kier alpha value is -2.25. The third kappa shape index (κ3) is 3.61. The summed E-state index contributed by atoms with van der Waals surface area (Å²) in [6.07, 6.45) is 4.42. The van der Waals surface area contributed by atoms with Gasteiger partial charge in [-0.3, -0.25) is 4.79 Å². The molecule has 2 aliphatic rings. The number of carbonyl (C=O) groups excluding carboxylic acids is 1. The lowest BCUT2D eigenvalue weighted by Gasteiger charge is -2.18. The highest BCUT2D eigenvalue weighted by Gasteiger charge is 2.28. The largest absolute Gasteiger partial charge is 0.308 e. The summed E-state index contributed by atoms with van der Waals surface area (Å²) in [5.74, 6) is -0.743. The molecule has 142 valence electrons. The predicted octanol–water partition coefficient (Wildman–Crippen LogP) is 3.25. The Labute approximate surface area is 158 Å². The Bertz CT molecular complexity index is 984. The first-order valence-corrected chi connectivity index (χ1v) is 10.6. The molecule has 5 nitrogen and oxygen atoms in total. The van der Waals surface area contributed by atoms with Gasteiger partial charge in [0.1, 0.15) is 5.82 Å². The zero-order chi connectivity index (χ0) is 19.0. The van der Waals surface area contributed by atoms with Crippen LogP contribution in [0.1, 0.15) is 41.6 Å². The highest BCUT2D eigenvalue weighted by Crippen LogP contribution is 2.32. The van der Waals surface area contributed by atoms with Crippen molar-refractivity contribution in [2.45, 2.75) is 43.0 Å². The third-order valence-electron chi connectivity index (χ3n) is 5.25. The van der Waals surface area contributed by atoms with Crippen LogP contribution in [0.3, 0.4) is 0 Å². The molecule has 1 fully saturated rings. The average Bonchev–Trinajstić information content (AvgIpc) is 3.29. The van der Waals surface area contributed by atoms with Crippen LogP contribution in [0.2, 0.25) is 0 Å². The average molecular weight is 388 g/mol. The normalized spacial score (nSPS) is 17.3. The van der Waals surface area contributed by atoms with Gasteiger partial charge in [-0.25, -0.2) is 17.5 Å². The first-order chi connectivity index (χ1) is 12.9. The molecule has 0 saturated heterocycles. The van der Waals surface area contributed by atoms with Gasteiger partial charge in [-0.1, -0.05) is 18.9 Å². The topological polar surface area (TPSA) is 66.5 Å². The maximum absolute atomic E-state index is 13.4. The molecule has 1 saturated carbocycles. The van der Waals surface area contributed by atoms with E-state index in [9.17, 15) is 17.6 Å². The highest BCUT2D eigenvalue weighted by atomic mass is 32.2. The van der Waals surface area contributed by atoms with E-state index < -0.39 is 15.8 Å². The van der Waals surface area contributed by atoms with Crippen molar-refractivity contribution in [3.05, 3.63) is 59.4 Å². The summed E-state index contributed by atoms with van der Waals surface area (Å²) in [4.78, 5) is 14.5. The maximum Gasteiger partial charge on any atom is 0.258 e. The highest BCUT2D eigenvalue weighted by molar-refractivity contribution is 7.89. The fourth-order valence-corrected chi connectivity index (χ4v) is 5.22. The second-order valence-corrected chi connectivity index (χ2v) is 8.82. The number of hydrogen-bond acceptors (Lipinski definition) is 3. The summed E-state index contributed by atoms with van der Waals surface area (Å²) >= 11 is 0. The Kier molecular flexibility index (Phi) is 4.74. The number of rotatable bonds is 4. The summed E-state index contributed by atoms with van der Waals surface area (Å²) in [6.45, 7) is 0.449.